The van der Waals surface area contributed by atoms with E-state index in [4.69, 9.17) is 0 Å². The van der Waals surface area contributed by atoms with Crippen molar-refractivity contribution in [1.29, 1.82) is 0 Å². The van der Waals surface area contributed by atoms with Crippen molar-refractivity contribution in [3.05, 3.63) is 32.3 Å². The van der Waals surface area contributed by atoms with Crippen molar-refractivity contribution in [2.45, 2.75) is 19.6 Å². The van der Waals surface area contributed by atoms with Gasteiger partial charge >= 0.3 is 0 Å². The Morgan fingerprint density at radius 1 is 1.41 bits per heavy atom. The number of benzene rings is 1. The maximum absolute atomic E-state index is 10.7. The van der Waals surface area contributed by atoms with Crippen LogP contribution < -0.4 is 0 Å². The van der Waals surface area contributed by atoms with Crippen LogP contribution in [0.3, 0.4) is 0 Å². The van der Waals surface area contributed by atoms with E-state index in [1.165, 1.54) is 12.1 Å². The average Bonchev–Trinajstić information content (AvgIpc) is 2.18. The van der Waals surface area contributed by atoms with Crippen LogP contribution in [0, 0.1) is 21.6 Å². The molecule has 0 unspecified atom stereocenters. The predicted molar refractivity (Wildman–Crippen MR) is 72.7 cm³/mol. The van der Waals surface area contributed by atoms with Gasteiger partial charge in [-0.25, -0.2) is 0 Å². The van der Waals surface area contributed by atoms with E-state index >= 15 is 0 Å². The number of aromatic hydroxyl groups is 1. The van der Waals surface area contributed by atoms with Crippen LogP contribution in [0.4, 0.5) is 5.69 Å². The molecule has 0 bridgehead atoms. The summed E-state index contributed by atoms with van der Waals surface area (Å²) in [4.78, 5) is 10.2. The molecular weight excluding hydrogens is 302 g/mol. The average molecular weight is 314 g/mol. The number of non-ortho nitro benzene ring substituents is 1. The van der Waals surface area contributed by atoms with E-state index < -0.39 is 13.0 Å². The van der Waals surface area contributed by atoms with Gasteiger partial charge in [-0.15, -0.1) is 5.54 Å². The fourth-order valence-electron chi connectivity index (χ4n) is 1.04. The molecule has 1 aromatic carbocycles. The molecule has 0 aliphatic carbocycles. The summed E-state index contributed by atoms with van der Waals surface area (Å²) in [5.41, 5.74) is 3.26. The summed E-state index contributed by atoms with van der Waals surface area (Å²) in [6, 6.07) is 2.54. The molecule has 0 saturated carbocycles. The minimum absolute atomic E-state index is 0.0543. The highest BCUT2D eigenvalue weighted by atomic mass is 79.9. The first-order valence-corrected chi connectivity index (χ1v) is 9.20. The van der Waals surface area contributed by atoms with Gasteiger partial charge in [-0.2, -0.15) is 0 Å². The third-order valence-corrected chi connectivity index (χ3v) is 3.31. The molecule has 17 heavy (non-hydrogen) atoms. The standard InChI is InChI=1S/C11H12BrNO3Si/c1-17(2,3)5-4-8-6-9(13(15)16)7-10(12)11(8)14/h6-7,14H,1-3H3. The van der Waals surface area contributed by atoms with Crippen LogP contribution >= 0.6 is 15.9 Å². The molecule has 1 aromatic rings. The first-order valence-electron chi connectivity index (χ1n) is 4.91. The predicted octanol–water partition coefficient (Wildman–Crippen LogP) is 3.29. The Morgan fingerprint density at radius 3 is 2.47 bits per heavy atom. The summed E-state index contributed by atoms with van der Waals surface area (Å²) in [7, 11) is -1.58. The summed E-state index contributed by atoms with van der Waals surface area (Å²) >= 11 is 3.07. The Labute approximate surface area is 109 Å². The Bertz CT molecular complexity index is 526. The number of halogens is 1. The Hall–Kier alpha value is -1.32. The van der Waals surface area contributed by atoms with Crippen LogP contribution in [0.25, 0.3) is 0 Å². The van der Waals surface area contributed by atoms with Gasteiger partial charge in [0.2, 0.25) is 0 Å². The molecule has 0 aliphatic heterocycles. The number of hydrogen-bond donors (Lipinski definition) is 1. The normalized spacial score (nSPS) is 10.6. The molecule has 0 radical (unpaired) electrons. The topological polar surface area (TPSA) is 63.4 Å². The summed E-state index contributed by atoms with van der Waals surface area (Å²) in [6.45, 7) is 6.18. The van der Waals surface area contributed by atoms with E-state index in [1.807, 2.05) is 0 Å². The van der Waals surface area contributed by atoms with Gasteiger partial charge in [0.05, 0.1) is 15.0 Å². The van der Waals surface area contributed by atoms with Gasteiger partial charge < -0.3 is 5.11 Å². The maximum Gasteiger partial charge on any atom is 0.272 e. The minimum Gasteiger partial charge on any atom is -0.505 e. The number of nitro benzene ring substituents is 1. The van der Waals surface area contributed by atoms with E-state index in [9.17, 15) is 15.2 Å². The molecule has 0 aromatic heterocycles. The highest BCUT2D eigenvalue weighted by Gasteiger charge is 2.14. The van der Waals surface area contributed by atoms with Gasteiger partial charge in [-0.05, 0) is 15.9 Å². The second kappa shape index (κ2) is 4.90. The van der Waals surface area contributed by atoms with Gasteiger partial charge in [-0.1, -0.05) is 25.6 Å². The van der Waals surface area contributed by atoms with Crippen LogP contribution in [0.1, 0.15) is 5.56 Å². The third-order valence-electron chi connectivity index (χ3n) is 1.83. The molecule has 0 fully saturated rings. The number of nitrogens with zero attached hydrogens (tertiary/aromatic N) is 1. The molecule has 0 saturated heterocycles. The van der Waals surface area contributed by atoms with E-state index in [0.717, 1.165) is 0 Å². The molecule has 4 nitrogen and oxygen atoms in total. The lowest BCUT2D eigenvalue weighted by molar-refractivity contribution is -0.385. The largest absolute Gasteiger partial charge is 0.505 e. The Morgan fingerprint density at radius 2 is 2.00 bits per heavy atom. The molecule has 1 rings (SSSR count). The summed E-state index contributed by atoms with van der Waals surface area (Å²) in [5.74, 6) is 2.76. The Kier molecular flexibility index (Phi) is 3.96. The van der Waals surface area contributed by atoms with Crippen molar-refractivity contribution in [1.82, 2.24) is 0 Å². The zero-order valence-electron chi connectivity index (χ0n) is 9.74. The molecule has 0 heterocycles. The third kappa shape index (κ3) is 3.87. The maximum atomic E-state index is 10.7. The fourth-order valence-corrected chi connectivity index (χ4v) is 2.00. The number of hydrogen-bond acceptors (Lipinski definition) is 3. The smallest absolute Gasteiger partial charge is 0.272 e. The molecule has 6 heteroatoms. The van der Waals surface area contributed by atoms with Crippen molar-refractivity contribution < 1.29 is 10.0 Å². The fraction of sp³-hybridized carbons (Fsp3) is 0.273. The highest BCUT2D eigenvalue weighted by Crippen LogP contribution is 2.31. The number of nitro groups is 1. The molecule has 0 spiro atoms. The first-order chi connectivity index (χ1) is 7.70. The molecule has 0 atom stereocenters. The van der Waals surface area contributed by atoms with Crippen LogP contribution in [0.15, 0.2) is 16.6 Å². The monoisotopic (exact) mass is 313 g/mol. The SMILES string of the molecule is C[Si](C)(C)C#Cc1cc([N+](=O)[O-])cc(Br)c1O. The lowest BCUT2D eigenvalue weighted by atomic mass is 10.2. The summed E-state index contributed by atoms with van der Waals surface area (Å²) in [5, 5.41) is 20.4. The number of rotatable bonds is 1. The summed E-state index contributed by atoms with van der Waals surface area (Å²) in [6.07, 6.45) is 0. The molecule has 0 amide bonds. The van der Waals surface area contributed by atoms with Crippen molar-refractivity contribution in [3.63, 3.8) is 0 Å². The van der Waals surface area contributed by atoms with Gasteiger partial charge in [0.25, 0.3) is 5.69 Å². The second-order valence-electron chi connectivity index (χ2n) is 4.58. The highest BCUT2D eigenvalue weighted by molar-refractivity contribution is 9.10. The first kappa shape index (κ1) is 13.7. The summed E-state index contributed by atoms with van der Waals surface area (Å²) < 4.78 is 0.284. The zero-order chi connectivity index (χ0) is 13.2. The lowest BCUT2D eigenvalue weighted by Crippen LogP contribution is -2.16. The molecular formula is C11H12BrNO3Si. The van der Waals surface area contributed by atoms with Gasteiger partial charge in [0.1, 0.15) is 13.8 Å². The number of phenolic OH excluding ortho intramolecular Hbond substituents is 1. The second-order valence-corrected chi connectivity index (χ2v) is 10.2. The molecule has 1 N–H and O–H groups in total. The van der Waals surface area contributed by atoms with Crippen molar-refractivity contribution in [3.8, 4) is 17.2 Å². The Balaban J connectivity index is 3.32. The molecule has 90 valence electrons. The van der Waals surface area contributed by atoms with Crippen molar-refractivity contribution in [2.24, 2.45) is 0 Å². The van der Waals surface area contributed by atoms with E-state index in [-0.39, 0.29) is 21.5 Å². The molecule has 0 aliphatic rings. The van der Waals surface area contributed by atoms with Gasteiger partial charge in [-0.3, -0.25) is 10.1 Å². The van der Waals surface area contributed by atoms with Crippen LogP contribution in [-0.2, 0) is 0 Å². The number of phenols is 1. The van der Waals surface area contributed by atoms with Crippen LogP contribution in [0.5, 0.6) is 5.75 Å². The van der Waals surface area contributed by atoms with Gasteiger partial charge in [0, 0.05) is 12.1 Å². The zero-order valence-corrected chi connectivity index (χ0v) is 12.3. The lowest BCUT2D eigenvalue weighted by Gasteiger charge is -2.04. The minimum atomic E-state index is -1.58. The van der Waals surface area contributed by atoms with Crippen molar-refractivity contribution in [2.75, 3.05) is 0 Å². The van der Waals surface area contributed by atoms with Crippen molar-refractivity contribution >= 4 is 29.7 Å². The van der Waals surface area contributed by atoms with Gasteiger partial charge in [0.15, 0.2) is 0 Å². The van der Waals surface area contributed by atoms with Crippen LogP contribution in [-0.4, -0.2) is 18.1 Å². The van der Waals surface area contributed by atoms with Crippen LogP contribution in [0.2, 0.25) is 19.6 Å². The quantitative estimate of drug-likeness (QED) is 0.374. The van der Waals surface area contributed by atoms with E-state index in [1.54, 1.807) is 0 Å². The van der Waals surface area contributed by atoms with E-state index in [0.29, 0.717) is 0 Å². The van der Waals surface area contributed by atoms with E-state index in [2.05, 4.69) is 47.0 Å².